The smallest absolute Gasteiger partial charge is 0.174 e. The first kappa shape index (κ1) is 18.9. The lowest BCUT2D eigenvalue weighted by Gasteiger charge is -2.32. The van der Waals surface area contributed by atoms with Gasteiger partial charge >= 0.3 is 0 Å². The lowest BCUT2D eigenvalue weighted by molar-refractivity contribution is -0.119. The molecule has 5 heteroatoms. The molecule has 0 aliphatic carbocycles. The Morgan fingerprint density at radius 3 is 2.48 bits per heavy atom. The van der Waals surface area contributed by atoms with Crippen molar-refractivity contribution in [1.82, 2.24) is 0 Å². The van der Waals surface area contributed by atoms with Crippen molar-refractivity contribution in [3.8, 4) is 17.2 Å². The Labute approximate surface area is 167 Å². The number of rotatable bonds is 5. The molecule has 4 nitrogen and oxygen atoms in total. The molecule has 1 aliphatic rings. The summed E-state index contributed by atoms with van der Waals surface area (Å²) in [7, 11) is 1.51. The maximum atomic E-state index is 14.1. The number of halogens is 1. The van der Waals surface area contributed by atoms with Crippen LogP contribution >= 0.6 is 0 Å². The van der Waals surface area contributed by atoms with E-state index < -0.39 is 17.7 Å². The van der Waals surface area contributed by atoms with Gasteiger partial charge in [0.2, 0.25) is 0 Å². The molecule has 146 valence electrons. The van der Waals surface area contributed by atoms with E-state index in [0.29, 0.717) is 33.9 Å². The number of ketones is 2. The summed E-state index contributed by atoms with van der Waals surface area (Å²) in [5, 5.41) is 0. The highest BCUT2D eigenvalue weighted by Gasteiger charge is 2.40. The quantitative estimate of drug-likeness (QED) is 0.446. The molecule has 1 aliphatic heterocycles. The second kappa shape index (κ2) is 7.51. The minimum absolute atomic E-state index is 0.297. The maximum absolute atomic E-state index is 14.1. The Morgan fingerprint density at radius 1 is 0.966 bits per heavy atom. The van der Waals surface area contributed by atoms with E-state index in [2.05, 4.69) is 0 Å². The van der Waals surface area contributed by atoms with Gasteiger partial charge in [0.25, 0.3) is 0 Å². The molecule has 4 rings (SSSR count). The molecule has 0 N–H and O–H groups in total. The van der Waals surface area contributed by atoms with Crippen LogP contribution < -0.4 is 9.47 Å². The summed E-state index contributed by atoms with van der Waals surface area (Å²) in [6.07, 6.45) is 0. The lowest BCUT2D eigenvalue weighted by atomic mass is 9.74. The number of carbonyl (C=O) groups is 2. The van der Waals surface area contributed by atoms with Gasteiger partial charge in [0.05, 0.1) is 13.0 Å². The molecule has 0 saturated heterocycles. The van der Waals surface area contributed by atoms with Crippen molar-refractivity contribution in [2.45, 2.75) is 12.8 Å². The summed E-state index contributed by atoms with van der Waals surface area (Å²) < 4.78 is 25.2. The number of hydrogen-bond donors (Lipinski definition) is 0. The highest BCUT2D eigenvalue weighted by atomic mass is 19.1. The standard InChI is InChI=1S/C24H19FO4/c1-14(26)22(24(27)15-6-5-7-17(12-15)28-2)23-18-8-3-4-9-20(18)29-21-11-10-16(25)13-19(21)23/h3-13,22-23H,1-2H3. The minimum atomic E-state index is -1.02. The number of fused-ring (bicyclic) bond motifs is 2. The van der Waals surface area contributed by atoms with Crippen LogP contribution in [0.3, 0.4) is 0 Å². The van der Waals surface area contributed by atoms with Crippen LogP contribution in [0.5, 0.6) is 17.2 Å². The van der Waals surface area contributed by atoms with Crippen molar-refractivity contribution < 1.29 is 23.5 Å². The zero-order valence-electron chi connectivity index (χ0n) is 16.0. The third kappa shape index (κ3) is 3.40. The van der Waals surface area contributed by atoms with Crippen LogP contribution in [0.15, 0.2) is 66.7 Å². The summed E-state index contributed by atoms with van der Waals surface area (Å²) in [4.78, 5) is 26.2. The van der Waals surface area contributed by atoms with Crippen molar-refractivity contribution in [3.05, 3.63) is 89.2 Å². The number of ether oxygens (including phenoxy) is 2. The van der Waals surface area contributed by atoms with Crippen LogP contribution in [0, 0.1) is 11.7 Å². The van der Waals surface area contributed by atoms with Gasteiger partial charge in [-0.2, -0.15) is 0 Å². The minimum Gasteiger partial charge on any atom is -0.497 e. The fourth-order valence-electron chi connectivity index (χ4n) is 3.86. The fraction of sp³-hybridized carbons (Fsp3) is 0.167. The first-order valence-electron chi connectivity index (χ1n) is 9.24. The Balaban J connectivity index is 1.89. The van der Waals surface area contributed by atoms with Crippen LogP contribution in [-0.4, -0.2) is 18.7 Å². The van der Waals surface area contributed by atoms with Crippen molar-refractivity contribution in [1.29, 1.82) is 0 Å². The van der Waals surface area contributed by atoms with Crippen LogP contribution in [0.25, 0.3) is 0 Å². The average Bonchev–Trinajstić information content (AvgIpc) is 2.73. The molecule has 2 unspecified atom stereocenters. The predicted octanol–water partition coefficient (Wildman–Crippen LogP) is 5.16. The normalized spacial score (nSPS) is 15.5. The van der Waals surface area contributed by atoms with Gasteiger partial charge in [0.15, 0.2) is 5.78 Å². The zero-order valence-corrected chi connectivity index (χ0v) is 16.0. The molecule has 0 amide bonds. The second-order valence-electron chi connectivity index (χ2n) is 6.98. The fourth-order valence-corrected chi connectivity index (χ4v) is 3.86. The first-order chi connectivity index (χ1) is 14.0. The third-order valence-electron chi connectivity index (χ3n) is 5.19. The van der Waals surface area contributed by atoms with Crippen LogP contribution in [0.1, 0.15) is 34.3 Å². The molecule has 3 aromatic carbocycles. The van der Waals surface area contributed by atoms with Crippen molar-refractivity contribution >= 4 is 11.6 Å². The Kier molecular flexibility index (Phi) is 4.89. The topological polar surface area (TPSA) is 52.6 Å². The van der Waals surface area contributed by atoms with Crippen molar-refractivity contribution in [3.63, 3.8) is 0 Å². The van der Waals surface area contributed by atoms with E-state index in [9.17, 15) is 14.0 Å². The molecular formula is C24H19FO4. The molecule has 0 radical (unpaired) electrons. The number of Topliss-reactive ketones (excluding diaryl/α,β-unsaturated/α-hetero) is 2. The SMILES string of the molecule is COc1cccc(C(=O)C(C(C)=O)C2c3ccccc3Oc3ccc(F)cc32)c1. The van der Waals surface area contributed by atoms with Crippen molar-refractivity contribution in [2.75, 3.05) is 7.11 Å². The Morgan fingerprint density at radius 2 is 1.72 bits per heavy atom. The van der Waals surface area contributed by atoms with E-state index in [1.165, 1.54) is 32.2 Å². The number of methoxy groups -OCH3 is 1. The van der Waals surface area contributed by atoms with Gasteiger partial charge < -0.3 is 9.47 Å². The summed E-state index contributed by atoms with van der Waals surface area (Å²) in [6.45, 7) is 1.39. The molecule has 1 heterocycles. The van der Waals surface area contributed by atoms with Gasteiger partial charge in [-0.05, 0) is 43.3 Å². The summed E-state index contributed by atoms with van der Waals surface area (Å²) >= 11 is 0. The molecular weight excluding hydrogens is 371 g/mol. The van der Waals surface area contributed by atoms with Gasteiger partial charge in [0.1, 0.15) is 28.8 Å². The van der Waals surface area contributed by atoms with Gasteiger partial charge in [0, 0.05) is 22.6 Å². The first-order valence-corrected chi connectivity index (χ1v) is 9.24. The largest absolute Gasteiger partial charge is 0.497 e. The van der Waals surface area contributed by atoms with Crippen LogP contribution in [0.4, 0.5) is 4.39 Å². The van der Waals surface area contributed by atoms with E-state index in [4.69, 9.17) is 9.47 Å². The molecule has 2 atom stereocenters. The number of para-hydroxylation sites is 1. The van der Waals surface area contributed by atoms with Gasteiger partial charge in [-0.15, -0.1) is 0 Å². The second-order valence-corrected chi connectivity index (χ2v) is 6.98. The van der Waals surface area contributed by atoms with E-state index >= 15 is 0 Å². The van der Waals surface area contributed by atoms with Crippen LogP contribution in [-0.2, 0) is 4.79 Å². The van der Waals surface area contributed by atoms with Gasteiger partial charge in [-0.1, -0.05) is 30.3 Å². The molecule has 0 bridgehead atoms. The van der Waals surface area contributed by atoms with Crippen LogP contribution in [0.2, 0.25) is 0 Å². The zero-order chi connectivity index (χ0) is 20.5. The molecule has 0 aromatic heterocycles. The monoisotopic (exact) mass is 390 g/mol. The highest BCUT2D eigenvalue weighted by molar-refractivity contribution is 6.11. The predicted molar refractivity (Wildman–Crippen MR) is 106 cm³/mol. The molecule has 0 spiro atoms. The molecule has 3 aromatic rings. The summed E-state index contributed by atoms with van der Waals surface area (Å²) in [5.74, 6) is -1.23. The van der Waals surface area contributed by atoms with E-state index in [1.54, 1.807) is 30.3 Å². The third-order valence-corrected chi connectivity index (χ3v) is 5.19. The van der Waals surface area contributed by atoms with E-state index in [1.807, 2.05) is 18.2 Å². The Bertz CT molecular complexity index is 1110. The molecule has 0 saturated carbocycles. The lowest BCUT2D eigenvalue weighted by Crippen LogP contribution is -2.31. The van der Waals surface area contributed by atoms with Crippen molar-refractivity contribution in [2.24, 2.45) is 5.92 Å². The number of carbonyl (C=O) groups excluding carboxylic acids is 2. The maximum Gasteiger partial charge on any atom is 0.174 e. The molecule has 0 fully saturated rings. The van der Waals surface area contributed by atoms with Gasteiger partial charge in [-0.25, -0.2) is 4.39 Å². The number of hydrogen-bond acceptors (Lipinski definition) is 4. The van der Waals surface area contributed by atoms with Gasteiger partial charge in [-0.3, -0.25) is 9.59 Å². The molecule has 29 heavy (non-hydrogen) atoms. The van der Waals surface area contributed by atoms with E-state index in [0.717, 1.165) is 0 Å². The Hall–Kier alpha value is -3.47. The average molecular weight is 390 g/mol. The summed E-state index contributed by atoms with van der Waals surface area (Å²) in [6, 6.07) is 18.1. The highest BCUT2D eigenvalue weighted by Crippen LogP contribution is 2.48. The van der Waals surface area contributed by atoms with E-state index in [-0.39, 0.29) is 11.6 Å². The summed E-state index contributed by atoms with van der Waals surface area (Å²) in [5.41, 5.74) is 1.54. The number of benzene rings is 3.